The predicted octanol–water partition coefficient (Wildman–Crippen LogP) is -0.954. The third-order valence-corrected chi connectivity index (χ3v) is 4.65. The smallest absolute Gasteiger partial charge is 0.333 e. The molecule has 0 bridgehead atoms. The molecule has 26 heavy (non-hydrogen) atoms. The predicted molar refractivity (Wildman–Crippen MR) is 86.5 cm³/mol. The Morgan fingerprint density at radius 3 is 2.73 bits per heavy atom. The number of nitrogen functional groups attached to an aromatic ring is 1. The molecule has 0 aromatic carbocycles. The molecule has 0 amide bonds. The highest BCUT2D eigenvalue weighted by molar-refractivity contribution is 7.84. The van der Waals surface area contributed by atoms with E-state index in [9.17, 15) is 8.42 Å². The minimum absolute atomic E-state index is 0.237. The molecule has 2 saturated heterocycles. The van der Waals surface area contributed by atoms with E-state index < -0.39 is 40.6 Å². The molecule has 4 rings (SSSR count). The second-order valence-electron chi connectivity index (χ2n) is 6.49. The van der Waals surface area contributed by atoms with Crippen molar-refractivity contribution in [3.8, 4) is 0 Å². The van der Waals surface area contributed by atoms with Crippen LogP contribution in [0.4, 0.5) is 5.82 Å². The number of ether oxygens (including phenoxy) is 3. The first-order chi connectivity index (χ1) is 12.1. The minimum atomic E-state index is -4.11. The second-order valence-corrected chi connectivity index (χ2v) is 7.71. The summed E-state index contributed by atoms with van der Waals surface area (Å²) in [5.41, 5.74) is 6.70. The van der Waals surface area contributed by atoms with E-state index in [0.29, 0.717) is 11.2 Å². The number of nitrogens with zero attached hydrogens (tertiary/aromatic N) is 4. The van der Waals surface area contributed by atoms with Crippen LogP contribution in [-0.2, 0) is 28.7 Å². The van der Waals surface area contributed by atoms with Crippen LogP contribution in [0, 0.1) is 0 Å². The first-order valence-electron chi connectivity index (χ1n) is 7.76. The van der Waals surface area contributed by atoms with Gasteiger partial charge in [-0.25, -0.2) is 20.1 Å². The molecule has 0 saturated carbocycles. The van der Waals surface area contributed by atoms with Crippen molar-refractivity contribution in [2.45, 2.75) is 44.2 Å². The molecule has 1 unspecified atom stereocenters. The van der Waals surface area contributed by atoms with E-state index in [0.717, 1.165) is 0 Å². The average Bonchev–Trinajstić information content (AvgIpc) is 3.16. The van der Waals surface area contributed by atoms with Crippen LogP contribution in [0.1, 0.15) is 20.1 Å². The van der Waals surface area contributed by atoms with Gasteiger partial charge < -0.3 is 19.9 Å². The molecule has 2 aromatic rings. The monoisotopic (exact) mass is 386 g/mol. The summed E-state index contributed by atoms with van der Waals surface area (Å²) >= 11 is 0. The summed E-state index contributed by atoms with van der Waals surface area (Å²) in [5.74, 6) is -0.636. The third kappa shape index (κ3) is 3.02. The van der Waals surface area contributed by atoms with Gasteiger partial charge in [0.05, 0.1) is 12.9 Å². The molecule has 2 aliphatic heterocycles. The average molecular weight is 386 g/mol. The molecular formula is C13H18N6O6S. The molecule has 4 atom stereocenters. The standard InChI is InChI=1S/C13H18N6O6S/c1-13(2)24-8-6(3-22-26(15,20)21)23-12(9(8)25-13)19-5-18-7-10(14)16-4-17-11(7)19/h4-6,8-9,12H,3H2,1-2H3,(H2,14,16,17)(H2,15,20,21)/t6-,8+,9?,12-/m1/s1. The molecule has 142 valence electrons. The van der Waals surface area contributed by atoms with Crippen molar-refractivity contribution < 1.29 is 26.8 Å². The Balaban J connectivity index is 1.68. The SMILES string of the molecule is CC1(C)OC2[C@@H](O1)[C@@H](COS(N)(=O)=O)O[C@H]2n1cnc2c(N)ncnc21. The molecule has 2 fully saturated rings. The number of rotatable bonds is 4. The molecule has 0 radical (unpaired) electrons. The third-order valence-electron chi connectivity index (χ3n) is 4.18. The van der Waals surface area contributed by atoms with E-state index in [2.05, 4.69) is 19.1 Å². The van der Waals surface area contributed by atoms with E-state index in [4.69, 9.17) is 25.1 Å². The summed E-state index contributed by atoms with van der Waals surface area (Å²) in [5, 5.41) is 4.90. The van der Waals surface area contributed by atoms with E-state index in [1.165, 1.54) is 12.7 Å². The molecule has 2 aliphatic rings. The Morgan fingerprint density at radius 2 is 2.00 bits per heavy atom. The Bertz CT molecular complexity index is 946. The van der Waals surface area contributed by atoms with Crippen molar-refractivity contribution in [1.82, 2.24) is 19.5 Å². The van der Waals surface area contributed by atoms with E-state index >= 15 is 0 Å². The van der Waals surface area contributed by atoms with Gasteiger partial charge >= 0.3 is 10.3 Å². The van der Waals surface area contributed by atoms with Crippen molar-refractivity contribution in [3.63, 3.8) is 0 Å². The summed E-state index contributed by atoms with van der Waals surface area (Å²) < 4.78 is 46.3. The molecule has 0 spiro atoms. The van der Waals surface area contributed by atoms with Crippen molar-refractivity contribution in [3.05, 3.63) is 12.7 Å². The molecule has 2 aromatic heterocycles. The van der Waals surface area contributed by atoms with Gasteiger partial charge in [0, 0.05) is 0 Å². The van der Waals surface area contributed by atoms with Crippen LogP contribution < -0.4 is 10.9 Å². The van der Waals surface area contributed by atoms with Crippen LogP contribution in [-0.4, -0.2) is 58.6 Å². The summed E-state index contributed by atoms with van der Waals surface area (Å²) in [6.07, 6.45) is 0.340. The van der Waals surface area contributed by atoms with Crippen molar-refractivity contribution in [1.29, 1.82) is 0 Å². The Hall–Kier alpha value is -1.90. The van der Waals surface area contributed by atoms with E-state index in [1.54, 1.807) is 18.4 Å². The maximum absolute atomic E-state index is 11.1. The lowest BCUT2D eigenvalue weighted by molar-refractivity contribution is -0.198. The van der Waals surface area contributed by atoms with Crippen molar-refractivity contribution >= 4 is 27.3 Å². The number of aromatic nitrogens is 4. The maximum Gasteiger partial charge on any atom is 0.333 e. The Labute approximate surface area is 148 Å². The first kappa shape index (κ1) is 17.5. The van der Waals surface area contributed by atoms with Crippen LogP contribution in [0.15, 0.2) is 12.7 Å². The Morgan fingerprint density at radius 1 is 1.27 bits per heavy atom. The molecule has 0 aliphatic carbocycles. The lowest BCUT2D eigenvalue weighted by atomic mass is 10.1. The highest BCUT2D eigenvalue weighted by atomic mass is 32.2. The molecule has 12 nitrogen and oxygen atoms in total. The van der Waals surface area contributed by atoms with E-state index in [-0.39, 0.29) is 12.4 Å². The zero-order chi connectivity index (χ0) is 18.7. The van der Waals surface area contributed by atoms with Gasteiger partial charge in [0.1, 0.15) is 30.2 Å². The zero-order valence-corrected chi connectivity index (χ0v) is 14.8. The normalized spacial score (nSPS) is 30.7. The fourth-order valence-corrected chi connectivity index (χ4v) is 3.56. The fraction of sp³-hybridized carbons (Fsp3) is 0.615. The quantitative estimate of drug-likeness (QED) is 0.668. The maximum atomic E-state index is 11.1. The fourth-order valence-electron chi connectivity index (χ4n) is 3.24. The lowest BCUT2D eigenvalue weighted by Crippen LogP contribution is -2.34. The Kier molecular flexibility index (Phi) is 3.91. The number of hydrogen-bond acceptors (Lipinski definition) is 10. The topological polar surface area (TPSA) is 167 Å². The van der Waals surface area contributed by atoms with Gasteiger partial charge in [0.15, 0.2) is 23.5 Å². The van der Waals surface area contributed by atoms with Crippen LogP contribution in [0.5, 0.6) is 0 Å². The van der Waals surface area contributed by atoms with Gasteiger partial charge in [-0.15, -0.1) is 0 Å². The summed E-state index contributed by atoms with van der Waals surface area (Å²) in [4.78, 5) is 12.3. The molecule has 4 N–H and O–H groups in total. The van der Waals surface area contributed by atoms with Gasteiger partial charge in [-0.3, -0.25) is 8.75 Å². The minimum Gasteiger partial charge on any atom is -0.382 e. The van der Waals surface area contributed by atoms with Gasteiger partial charge in [0.25, 0.3) is 0 Å². The van der Waals surface area contributed by atoms with Gasteiger partial charge in [0.2, 0.25) is 0 Å². The van der Waals surface area contributed by atoms with Gasteiger partial charge in [-0.1, -0.05) is 0 Å². The van der Waals surface area contributed by atoms with Crippen molar-refractivity contribution in [2.24, 2.45) is 5.14 Å². The number of imidazole rings is 1. The largest absolute Gasteiger partial charge is 0.382 e. The summed E-state index contributed by atoms with van der Waals surface area (Å²) in [6, 6.07) is 0. The number of hydrogen-bond donors (Lipinski definition) is 2. The highest BCUT2D eigenvalue weighted by Crippen LogP contribution is 2.43. The number of anilines is 1. The first-order valence-corrected chi connectivity index (χ1v) is 9.23. The van der Waals surface area contributed by atoms with Crippen LogP contribution in [0.2, 0.25) is 0 Å². The molecular weight excluding hydrogens is 368 g/mol. The zero-order valence-electron chi connectivity index (χ0n) is 14.0. The van der Waals surface area contributed by atoms with E-state index in [1.807, 2.05) is 0 Å². The summed E-state index contributed by atoms with van der Waals surface area (Å²) in [7, 11) is -4.11. The highest BCUT2D eigenvalue weighted by Gasteiger charge is 2.56. The van der Waals surface area contributed by atoms with Crippen LogP contribution >= 0.6 is 0 Å². The molecule has 13 heteroatoms. The number of fused-ring (bicyclic) bond motifs is 2. The van der Waals surface area contributed by atoms with Crippen molar-refractivity contribution in [2.75, 3.05) is 12.3 Å². The van der Waals surface area contributed by atoms with Gasteiger partial charge in [-0.05, 0) is 13.8 Å². The number of nitrogens with two attached hydrogens (primary N) is 2. The lowest BCUT2D eigenvalue weighted by Gasteiger charge is -2.24. The van der Waals surface area contributed by atoms with Gasteiger partial charge in [-0.2, -0.15) is 8.42 Å². The molecule has 4 heterocycles. The van der Waals surface area contributed by atoms with Crippen LogP contribution in [0.3, 0.4) is 0 Å². The van der Waals surface area contributed by atoms with Crippen LogP contribution in [0.25, 0.3) is 11.2 Å². The summed E-state index contributed by atoms with van der Waals surface area (Å²) in [6.45, 7) is 3.21. The second kappa shape index (κ2) is 5.80.